The summed E-state index contributed by atoms with van der Waals surface area (Å²) in [7, 11) is 1.78. The smallest absolute Gasteiger partial charge is 0.253 e. The lowest BCUT2D eigenvalue weighted by Gasteiger charge is -2.42. The van der Waals surface area contributed by atoms with Crippen LogP contribution < -0.4 is 21.3 Å². The lowest BCUT2D eigenvalue weighted by atomic mass is 9.76. The Bertz CT molecular complexity index is 2440. The molecular formula is C64H88N8O6. The molecule has 0 radical (unpaired) electrons. The predicted molar refractivity (Wildman–Crippen MR) is 309 cm³/mol. The highest BCUT2D eigenvalue weighted by Crippen LogP contribution is 2.35. The van der Waals surface area contributed by atoms with Crippen LogP contribution in [-0.2, 0) is 32.0 Å². The van der Waals surface area contributed by atoms with Crippen LogP contribution in [0.4, 0.5) is 0 Å². The van der Waals surface area contributed by atoms with Crippen molar-refractivity contribution in [2.45, 2.75) is 135 Å². The van der Waals surface area contributed by atoms with E-state index in [1.165, 1.54) is 0 Å². The van der Waals surface area contributed by atoms with Gasteiger partial charge in [0.1, 0.15) is 11.8 Å². The van der Waals surface area contributed by atoms with Crippen molar-refractivity contribution < 1.29 is 28.8 Å². The Labute approximate surface area is 464 Å². The van der Waals surface area contributed by atoms with Gasteiger partial charge in [-0.1, -0.05) is 125 Å². The summed E-state index contributed by atoms with van der Waals surface area (Å²) in [5, 5.41) is 15.0. The average Bonchev–Trinajstić information content (AvgIpc) is 3.52. The number of likely N-dealkylation sites (N-methyl/N-ethyl adjacent to an activating group) is 1. The number of rotatable bonds is 23. The molecule has 4 aliphatic rings. The highest BCUT2D eigenvalue weighted by molar-refractivity contribution is 6.02. The number of nitrogens with one attached hydrogen (secondary N) is 4. The Kier molecular flexibility index (Phi) is 21.5. The van der Waals surface area contributed by atoms with E-state index < -0.39 is 12.0 Å². The van der Waals surface area contributed by atoms with Gasteiger partial charge in [-0.05, 0) is 117 Å². The molecule has 2 saturated carbocycles. The van der Waals surface area contributed by atoms with E-state index in [-0.39, 0.29) is 77.6 Å². The molecule has 2 aliphatic carbocycles. The molecule has 0 spiro atoms. The molecule has 14 heteroatoms. The van der Waals surface area contributed by atoms with Crippen molar-refractivity contribution >= 4 is 46.1 Å². The van der Waals surface area contributed by atoms with Crippen LogP contribution in [0.2, 0.25) is 0 Å². The van der Waals surface area contributed by atoms with Crippen LogP contribution in [0.3, 0.4) is 0 Å². The zero-order chi connectivity index (χ0) is 55.0. The summed E-state index contributed by atoms with van der Waals surface area (Å²) in [6.45, 7) is 10.7. The first kappa shape index (κ1) is 58.2. The quantitative estimate of drug-likeness (QED) is 0.0584. The third kappa shape index (κ3) is 15.2. The zero-order valence-electron chi connectivity index (χ0n) is 47.1. The summed E-state index contributed by atoms with van der Waals surface area (Å²) in [6, 6.07) is 30.1. The molecule has 6 atom stereocenters. The van der Waals surface area contributed by atoms with Gasteiger partial charge in [0.2, 0.25) is 17.7 Å². The standard InChI is InChI=1S/C64H88N8O6/c1-5-45(2)60(74)68-59(50-24-16-9-17-25-50)64(78)72-37-33-67-42-56(72)44-70(35-31-48-20-12-7-13-21-48)62(76)54-29-27-51-38-53(28-26-52(51)39-54)61(75)69(34-30-47-18-10-6-11-19-47)43-55-41-66-32-36-71(55)63(77)57(40-58(73)46(3)65-4)49-22-14-8-15-23-49/h6-7,10-13,18-21,26-29,38-39,45-46,49-50,55-57,59,65-67H,5,8-9,14-17,22-25,30-37,40-44H2,1-4H3,(H,68,74)/t45-,46+,55+,56+,57+,59+/m1/s1. The molecule has 14 nitrogen and oxygen atoms in total. The molecule has 4 fully saturated rings. The van der Waals surface area contributed by atoms with Gasteiger partial charge in [-0.3, -0.25) is 28.8 Å². The van der Waals surface area contributed by atoms with Crippen molar-refractivity contribution in [3.05, 3.63) is 119 Å². The van der Waals surface area contributed by atoms with Crippen molar-refractivity contribution in [3.63, 3.8) is 0 Å². The first-order valence-electron chi connectivity index (χ1n) is 29.6. The van der Waals surface area contributed by atoms with E-state index in [9.17, 15) is 28.8 Å². The summed E-state index contributed by atoms with van der Waals surface area (Å²) < 4.78 is 0. The predicted octanol–water partition coefficient (Wildman–Crippen LogP) is 7.69. The maximum atomic E-state index is 15.0. The van der Waals surface area contributed by atoms with Crippen molar-refractivity contribution in [1.82, 2.24) is 40.9 Å². The third-order valence-electron chi connectivity index (χ3n) is 17.7. The number of piperazine rings is 2. The fourth-order valence-corrected chi connectivity index (χ4v) is 12.5. The summed E-state index contributed by atoms with van der Waals surface area (Å²) in [5.74, 6) is -0.675. The molecule has 5 amide bonds. The van der Waals surface area contributed by atoms with Crippen LogP contribution in [0, 0.1) is 23.7 Å². The largest absolute Gasteiger partial charge is 0.344 e. The average molecular weight is 1070 g/mol. The van der Waals surface area contributed by atoms with Gasteiger partial charge in [0.25, 0.3) is 11.8 Å². The number of carbonyl (C=O) groups excluding carboxylic acids is 6. The number of nitrogens with zero attached hydrogens (tertiary/aromatic N) is 4. The maximum Gasteiger partial charge on any atom is 0.253 e. The van der Waals surface area contributed by atoms with E-state index in [1.54, 1.807) is 7.05 Å². The van der Waals surface area contributed by atoms with E-state index in [1.807, 2.05) is 113 Å². The van der Waals surface area contributed by atoms with E-state index in [0.29, 0.717) is 95.8 Å². The van der Waals surface area contributed by atoms with Crippen molar-refractivity contribution in [1.29, 1.82) is 0 Å². The number of hydrogen-bond acceptors (Lipinski definition) is 9. The van der Waals surface area contributed by atoms with Crippen LogP contribution in [0.25, 0.3) is 10.8 Å². The lowest BCUT2D eigenvalue weighted by molar-refractivity contribution is -0.144. The van der Waals surface area contributed by atoms with Gasteiger partial charge in [0.05, 0.1) is 18.1 Å². The molecule has 4 N–H and O–H groups in total. The molecule has 2 saturated heterocycles. The highest BCUT2D eigenvalue weighted by atomic mass is 16.2. The van der Waals surface area contributed by atoms with Gasteiger partial charge >= 0.3 is 0 Å². The zero-order valence-corrected chi connectivity index (χ0v) is 47.1. The molecule has 0 aromatic heterocycles. The topological polar surface area (TPSA) is 163 Å². The molecule has 4 aromatic carbocycles. The molecule has 0 bridgehead atoms. The number of Topliss-reactive ketones (excluding diaryl/α,β-unsaturated/α-hetero) is 1. The number of hydrogen-bond donors (Lipinski definition) is 4. The van der Waals surface area contributed by atoms with Crippen LogP contribution in [0.5, 0.6) is 0 Å². The van der Waals surface area contributed by atoms with Crippen LogP contribution in [0.15, 0.2) is 97.1 Å². The second-order valence-electron chi connectivity index (χ2n) is 22.9. The van der Waals surface area contributed by atoms with Crippen molar-refractivity contribution in [2.75, 3.05) is 72.5 Å². The Hall–Kier alpha value is -5.96. The molecule has 2 aliphatic heterocycles. The van der Waals surface area contributed by atoms with Gasteiger partial charge in [-0.15, -0.1) is 0 Å². The van der Waals surface area contributed by atoms with Gasteiger partial charge in [-0.25, -0.2) is 0 Å². The van der Waals surface area contributed by atoms with Gasteiger partial charge in [0.15, 0.2) is 0 Å². The minimum absolute atomic E-state index is 0.0298. The maximum absolute atomic E-state index is 15.0. The molecule has 78 heavy (non-hydrogen) atoms. The van der Waals surface area contributed by atoms with Gasteiger partial charge in [-0.2, -0.15) is 0 Å². The number of ketones is 1. The molecule has 8 rings (SSSR count). The van der Waals surface area contributed by atoms with Gasteiger partial charge < -0.3 is 40.9 Å². The second kappa shape index (κ2) is 28.8. The molecule has 0 unspecified atom stereocenters. The monoisotopic (exact) mass is 1060 g/mol. The minimum Gasteiger partial charge on any atom is -0.344 e. The SMILES string of the molecule is CC[C@@H](C)C(=O)N[C@H](C(=O)N1CCNC[C@H]1CN(CCc1ccccc1)C(=O)c1ccc2cc(C(=O)N(CCc3ccccc3)C[C@@H]3CNCCN3C(=O)[C@@H](CC(=O)[C@H](C)NC)C3CCCCC3)ccc2c1)C1CCCCC1. The number of amides is 5. The summed E-state index contributed by atoms with van der Waals surface area (Å²) in [6.07, 6.45) is 12.4. The van der Waals surface area contributed by atoms with Crippen molar-refractivity contribution in [3.8, 4) is 0 Å². The Morgan fingerprint density at radius 2 is 1.09 bits per heavy atom. The second-order valence-corrected chi connectivity index (χ2v) is 22.9. The lowest BCUT2D eigenvalue weighted by Crippen LogP contribution is -2.63. The number of benzene rings is 4. The summed E-state index contributed by atoms with van der Waals surface area (Å²) >= 11 is 0. The Morgan fingerprint density at radius 1 is 0.615 bits per heavy atom. The van der Waals surface area contributed by atoms with Gasteiger partial charge in [0, 0.05) is 94.8 Å². The minimum atomic E-state index is -0.601. The van der Waals surface area contributed by atoms with E-state index in [4.69, 9.17) is 0 Å². The van der Waals surface area contributed by atoms with E-state index >= 15 is 0 Å². The van der Waals surface area contributed by atoms with Crippen LogP contribution >= 0.6 is 0 Å². The fraction of sp³-hybridized carbons (Fsp3) is 0.562. The Morgan fingerprint density at radius 3 is 1.56 bits per heavy atom. The van der Waals surface area contributed by atoms with Crippen molar-refractivity contribution in [2.24, 2.45) is 23.7 Å². The highest BCUT2D eigenvalue weighted by Gasteiger charge is 2.41. The molecule has 420 valence electrons. The molecule has 4 aromatic rings. The fourth-order valence-electron chi connectivity index (χ4n) is 12.5. The summed E-state index contributed by atoms with van der Waals surface area (Å²) in [5.41, 5.74) is 3.26. The third-order valence-corrected chi connectivity index (χ3v) is 17.7. The number of carbonyl (C=O) groups is 6. The Balaban J connectivity index is 1.03. The first-order chi connectivity index (χ1) is 37.9. The summed E-state index contributed by atoms with van der Waals surface area (Å²) in [4.78, 5) is 94.2. The molecular weight excluding hydrogens is 977 g/mol. The first-order valence-corrected chi connectivity index (χ1v) is 29.6. The number of fused-ring (bicyclic) bond motifs is 1. The van der Waals surface area contributed by atoms with E-state index in [0.717, 1.165) is 86.1 Å². The molecule has 2 heterocycles. The normalized spacial score (nSPS) is 20.1. The van der Waals surface area contributed by atoms with E-state index in [2.05, 4.69) is 45.5 Å². The van der Waals surface area contributed by atoms with Crippen LogP contribution in [0.1, 0.15) is 130 Å². The van der Waals surface area contributed by atoms with Crippen LogP contribution in [-0.4, -0.2) is 152 Å².